The van der Waals surface area contributed by atoms with Crippen LogP contribution in [-0.4, -0.2) is 18.6 Å². The number of rotatable bonds is 8. The Bertz CT molecular complexity index is 438. The molecule has 0 spiro atoms. The minimum Gasteiger partial charge on any atom is -0.477 e. The molecule has 0 saturated carbocycles. The predicted molar refractivity (Wildman–Crippen MR) is 76.9 cm³/mol. The Morgan fingerprint density at radius 1 is 1.45 bits per heavy atom. The number of halogens is 1. The van der Waals surface area contributed by atoms with E-state index >= 15 is 0 Å². The molecule has 20 heavy (non-hydrogen) atoms. The van der Waals surface area contributed by atoms with E-state index in [9.17, 15) is 9.18 Å². The van der Waals surface area contributed by atoms with Crippen LogP contribution in [-0.2, 0) is 11.3 Å². The van der Waals surface area contributed by atoms with Gasteiger partial charge in [0.2, 0.25) is 0 Å². The lowest BCUT2D eigenvalue weighted by Crippen LogP contribution is -2.37. The van der Waals surface area contributed by atoms with Crippen LogP contribution >= 0.6 is 0 Å². The molecule has 0 radical (unpaired) electrons. The second kappa shape index (κ2) is 8.53. The summed E-state index contributed by atoms with van der Waals surface area (Å²) < 4.78 is 19.1. The normalized spacial score (nSPS) is 12.0. The van der Waals surface area contributed by atoms with E-state index in [1.165, 1.54) is 6.07 Å². The molecule has 1 aromatic rings. The summed E-state index contributed by atoms with van der Waals surface area (Å²) >= 11 is 0. The van der Waals surface area contributed by atoms with E-state index < -0.39 is 11.9 Å². The molecule has 4 nitrogen and oxygen atoms in total. The number of carbonyl (C=O) groups is 1. The molecule has 112 valence electrons. The van der Waals surface area contributed by atoms with Gasteiger partial charge in [-0.15, -0.1) is 0 Å². The number of ether oxygens (including phenoxy) is 1. The van der Waals surface area contributed by atoms with E-state index in [-0.39, 0.29) is 18.2 Å². The second-order valence-corrected chi connectivity index (χ2v) is 4.69. The van der Waals surface area contributed by atoms with Crippen molar-refractivity contribution in [2.45, 2.75) is 45.8 Å². The maximum absolute atomic E-state index is 13.7. The highest BCUT2D eigenvalue weighted by Crippen LogP contribution is 2.23. The van der Waals surface area contributed by atoms with Crippen molar-refractivity contribution in [1.29, 1.82) is 0 Å². The monoisotopic (exact) mass is 282 g/mol. The molecule has 1 atom stereocenters. The van der Waals surface area contributed by atoms with Crippen LogP contribution in [0.5, 0.6) is 5.75 Å². The van der Waals surface area contributed by atoms with Crippen molar-refractivity contribution in [3.63, 3.8) is 0 Å². The van der Waals surface area contributed by atoms with Gasteiger partial charge in [0.25, 0.3) is 5.91 Å². The molecule has 0 saturated heterocycles. The Morgan fingerprint density at radius 3 is 2.85 bits per heavy atom. The van der Waals surface area contributed by atoms with Crippen LogP contribution in [0.15, 0.2) is 18.2 Å². The summed E-state index contributed by atoms with van der Waals surface area (Å²) in [5.41, 5.74) is 6.09. The first kappa shape index (κ1) is 16.4. The lowest BCUT2D eigenvalue weighted by Gasteiger charge is -2.17. The van der Waals surface area contributed by atoms with Crippen LogP contribution in [0.3, 0.4) is 0 Å². The number of hydrogen-bond donors (Lipinski definition) is 2. The van der Waals surface area contributed by atoms with E-state index in [0.29, 0.717) is 12.1 Å². The van der Waals surface area contributed by atoms with Crippen molar-refractivity contribution in [3.05, 3.63) is 29.6 Å². The van der Waals surface area contributed by atoms with Gasteiger partial charge in [-0.05, 0) is 19.4 Å². The average Bonchev–Trinajstić information content (AvgIpc) is 2.45. The maximum atomic E-state index is 13.7. The number of hydrogen-bond acceptors (Lipinski definition) is 3. The van der Waals surface area contributed by atoms with Crippen LogP contribution in [0.25, 0.3) is 0 Å². The Kier molecular flexibility index (Phi) is 7.01. The van der Waals surface area contributed by atoms with Gasteiger partial charge in [0, 0.05) is 18.7 Å². The number of benzene rings is 1. The van der Waals surface area contributed by atoms with Gasteiger partial charge < -0.3 is 15.8 Å². The Labute approximate surface area is 119 Å². The van der Waals surface area contributed by atoms with Crippen molar-refractivity contribution in [2.24, 2.45) is 5.73 Å². The molecule has 1 amide bonds. The van der Waals surface area contributed by atoms with Crippen molar-refractivity contribution >= 4 is 5.91 Å². The highest BCUT2D eigenvalue weighted by molar-refractivity contribution is 5.80. The minimum absolute atomic E-state index is 0.0613. The fourth-order valence-electron chi connectivity index (χ4n) is 1.81. The predicted octanol–water partition coefficient (Wildman–Crippen LogP) is 2.36. The molecule has 0 aliphatic heterocycles. The van der Waals surface area contributed by atoms with E-state index in [1.54, 1.807) is 19.1 Å². The summed E-state index contributed by atoms with van der Waals surface area (Å²) in [6.07, 6.45) is 2.35. The number of para-hydroxylation sites is 1. The van der Waals surface area contributed by atoms with E-state index in [1.807, 2.05) is 0 Å². The molecular formula is C15H23FN2O2. The van der Waals surface area contributed by atoms with Gasteiger partial charge in [-0.2, -0.15) is 0 Å². The summed E-state index contributed by atoms with van der Waals surface area (Å²) in [4.78, 5) is 11.8. The van der Waals surface area contributed by atoms with Crippen LogP contribution in [0.4, 0.5) is 4.39 Å². The third-order valence-corrected chi connectivity index (χ3v) is 3.01. The smallest absolute Gasteiger partial charge is 0.260 e. The third-order valence-electron chi connectivity index (χ3n) is 3.01. The molecule has 0 bridgehead atoms. The Morgan fingerprint density at radius 2 is 2.20 bits per heavy atom. The molecule has 3 N–H and O–H groups in total. The maximum Gasteiger partial charge on any atom is 0.260 e. The molecule has 0 fully saturated rings. The second-order valence-electron chi connectivity index (χ2n) is 4.69. The fraction of sp³-hybridized carbons (Fsp3) is 0.533. The molecule has 0 heterocycles. The van der Waals surface area contributed by atoms with Crippen LogP contribution < -0.4 is 15.8 Å². The van der Waals surface area contributed by atoms with Crippen LogP contribution in [0.1, 0.15) is 38.7 Å². The third kappa shape index (κ3) is 4.81. The van der Waals surface area contributed by atoms with Crippen molar-refractivity contribution < 1.29 is 13.9 Å². The first-order chi connectivity index (χ1) is 9.60. The molecule has 0 aliphatic rings. The molecule has 1 unspecified atom stereocenters. The van der Waals surface area contributed by atoms with Gasteiger partial charge in [0.15, 0.2) is 17.7 Å². The lowest BCUT2D eigenvalue weighted by atomic mass is 10.2. The quantitative estimate of drug-likeness (QED) is 0.719. The first-order valence-corrected chi connectivity index (χ1v) is 7.02. The van der Waals surface area contributed by atoms with E-state index in [4.69, 9.17) is 10.5 Å². The summed E-state index contributed by atoms with van der Waals surface area (Å²) in [5, 5.41) is 2.78. The Balaban J connectivity index is 2.57. The topological polar surface area (TPSA) is 64.3 Å². The van der Waals surface area contributed by atoms with Gasteiger partial charge in [-0.25, -0.2) is 4.39 Å². The first-order valence-electron chi connectivity index (χ1n) is 7.02. The zero-order valence-electron chi connectivity index (χ0n) is 12.1. The molecule has 0 aromatic heterocycles. The molecule has 1 rings (SSSR count). The minimum atomic E-state index is -0.751. The van der Waals surface area contributed by atoms with Crippen molar-refractivity contribution in [2.75, 3.05) is 6.54 Å². The van der Waals surface area contributed by atoms with Crippen molar-refractivity contribution in [1.82, 2.24) is 5.32 Å². The standard InChI is InChI=1S/C15H23FN2O2/c1-3-4-5-9-18-15(19)11(2)20-14-12(10-17)7-6-8-13(14)16/h6-8,11H,3-5,9-10,17H2,1-2H3,(H,18,19). The number of amides is 1. The Hall–Kier alpha value is -1.62. The molecular weight excluding hydrogens is 259 g/mol. The number of nitrogens with one attached hydrogen (secondary N) is 1. The highest BCUT2D eigenvalue weighted by Gasteiger charge is 2.18. The summed E-state index contributed by atoms with van der Waals surface area (Å²) in [5.74, 6) is -0.683. The number of nitrogens with two attached hydrogens (primary N) is 1. The molecule has 0 aliphatic carbocycles. The van der Waals surface area contributed by atoms with Crippen molar-refractivity contribution in [3.8, 4) is 5.75 Å². The zero-order valence-corrected chi connectivity index (χ0v) is 12.1. The zero-order chi connectivity index (χ0) is 15.0. The van der Waals surface area contributed by atoms with E-state index in [2.05, 4.69) is 12.2 Å². The number of carbonyl (C=O) groups excluding carboxylic acids is 1. The van der Waals surface area contributed by atoms with Gasteiger partial charge in [0.1, 0.15) is 0 Å². The SMILES string of the molecule is CCCCCNC(=O)C(C)Oc1c(F)cccc1CN. The summed E-state index contributed by atoms with van der Waals surface area (Å²) in [6.45, 7) is 4.47. The summed E-state index contributed by atoms with van der Waals surface area (Å²) in [7, 11) is 0. The number of unbranched alkanes of at least 4 members (excludes halogenated alkanes) is 2. The summed E-state index contributed by atoms with van der Waals surface area (Å²) in [6, 6.07) is 4.55. The largest absolute Gasteiger partial charge is 0.477 e. The molecule has 5 heteroatoms. The van der Waals surface area contributed by atoms with Gasteiger partial charge in [0.05, 0.1) is 0 Å². The molecule has 1 aromatic carbocycles. The highest BCUT2D eigenvalue weighted by atomic mass is 19.1. The lowest BCUT2D eigenvalue weighted by molar-refractivity contribution is -0.127. The van der Waals surface area contributed by atoms with E-state index in [0.717, 1.165) is 19.3 Å². The average molecular weight is 282 g/mol. The van der Waals surface area contributed by atoms with Gasteiger partial charge in [-0.1, -0.05) is 31.9 Å². The fourth-order valence-corrected chi connectivity index (χ4v) is 1.81. The van der Waals surface area contributed by atoms with Gasteiger partial charge >= 0.3 is 0 Å². The van der Waals surface area contributed by atoms with Gasteiger partial charge in [-0.3, -0.25) is 4.79 Å². The van der Waals surface area contributed by atoms with Crippen LogP contribution in [0, 0.1) is 5.82 Å². The van der Waals surface area contributed by atoms with Crippen LogP contribution in [0.2, 0.25) is 0 Å².